The molecule has 0 aromatic heterocycles. The van der Waals surface area contributed by atoms with Crippen LogP contribution in [0.2, 0.25) is 0 Å². The minimum Gasteiger partial charge on any atom is -0.394 e. The van der Waals surface area contributed by atoms with Gasteiger partial charge in [-0.15, -0.1) is 11.8 Å². The van der Waals surface area contributed by atoms with Gasteiger partial charge in [0.25, 0.3) is 0 Å². The molecule has 3 rings (SSSR count). The number of aliphatic hydroxyl groups excluding tert-OH is 1. The fourth-order valence-corrected chi connectivity index (χ4v) is 3.79. The predicted molar refractivity (Wildman–Crippen MR) is 71.3 cm³/mol. The molecule has 0 radical (unpaired) electrons. The van der Waals surface area contributed by atoms with Crippen LogP contribution < -0.4 is 5.32 Å². The molecule has 1 unspecified atom stereocenters. The van der Waals surface area contributed by atoms with Crippen molar-refractivity contribution in [1.29, 1.82) is 0 Å². The molecule has 1 fully saturated rings. The Hall–Kier alpha value is -0.510. The maximum atomic E-state index is 9.85. The van der Waals surface area contributed by atoms with Crippen LogP contribution in [-0.4, -0.2) is 24.0 Å². The zero-order valence-corrected chi connectivity index (χ0v) is 10.8. The maximum absolute atomic E-state index is 9.85. The molecule has 0 saturated heterocycles. The summed E-state index contributed by atoms with van der Waals surface area (Å²) in [5.41, 5.74) is 1.10. The molecule has 1 aromatic carbocycles. The van der Waals surface area contributed by atoms with Crippen LogP contribution in [0.15, 0.2) is 29.2 Å². The van der Waals surface area contributed by atoms with Gasteiger partial charge in [-0.2, -0.15) is 0 Å². The average Bonchev–Trinajstić information content (AvgIpc) is 3.20. The summed E-state index contributed by atoms with van der Waals surface area (Å²) < 4.78 is 0. The van der Waals surface area contributed by atoms with E-state index in [0.29, 0.717) is 0 Å². The van der Waals surface area contributed by atoms with Crippen LogP contribution in [0.1, 0.15) is 24.8 Å². The molecule has 1 aliphatic carbocycles. The predicted octanol–water partition coefficient (Wildman–Crippen LogP) is 2.37. The van der Waals surface area contributed by atoms with Crippen LogP contribution in [0.4, 0.5) is 0 Å². The SMILES string of the molecule is OCC1(NCC2CC2)CCSc2ccccc21. The molecule has 1 heterocycles. The van der Waals surface area contributed by atoms with Gasteiger partial charge >= 0.3 is 0 Å². The largest absolute Gasteiger partial charge is 0.394 e. The number of benzene rings is 1. The third-order valence-electron chi connectivity index (χ3n) is 3.89. The van der Waals surface area contributed by atoms with E-state index in [1.807, 2.05) is 11.8 Å². The lowest BCUT2D eigenvalue weighted by Crippen LogP contribution is -2.48. The molecule has 92 valence electrons. The Morgan fingerprint density at radius 2 is 2.18 bits per heavy atom. The van der Waals surface area contributed by atoms with Crippen molar-refractivity contribution >= 4 is 11.8 Å². The van der Waals surface area contributed by atoms with Gasteiger partial charge in [0.2, 0.25) is 0 Å². The van der Waals surface area contributed by atoms with Crippen LogP contribution in [0.3, 0.4) is 0 Å². The smallest absolute Gasteiger partial charge is 0.0688 e. The van der Waals surface area contributed by atoms with Gasteiger partial charge < -0.3 is 10.4 Å². The van der Waals surface area contributed by atoms with E-state index in [9.17, 15) is 5.11 Å². The zero-order chi connectivity index (χ0) is 11.7. The lowest BCUT2D eigenvalue weighted by Gasteiger charge is -2.38. The first kappa shape index (κ1) is 11.6. The number of hydrogen-bond acceptors (Lipinski definition) is 3. The Morgan fingerprint density at radius 3 is 2.94 bits per heavy atom. The number of rotatable bonds is 4. The van der Waals surface area contributed by atoms with E-state index in [1.165, 1.54) is 23.3 Å². The molecule has 2 aliphatic rings. The average molecular weight is 249 g/mol. The van der Waals surface area contributed by atoms with Crippen molar-refractivity contribution in [2.24, 2.45) is 5.92 Å². The van der Waals surface area contributed by atoms with Gasteiger partial charge in [0.05, 0.1) is 12.1 Å². The summed E-state index contributed by atoms with van der Waals surface area (Å²) in [7, 11) is 0. The fraction of sp³-hybridized carbons (Fsp3) is 0.571. The van der Waals surface area contributed by atoms with Crippen LogP contribution >= 0.6 is 11.8 Å². The van der Waals surface area contributed by atoms with Gasteiger partial charge in [0, 0.05) is 10.6 Å². The Labute approximate surface area is 107 Å². The summed E-state index contributed by atoms with van der Waals surface area (Å²) in [6.07, 6.45) is 3.73. The number of fused-ring (bicyclic) bond motifs is 1. The number of nitrogens with one attached hydrogen (secondary N) is 1. The highest BCUT2D eigenvalue weighted by molar-refractivity contribution is 7.99. The Bertz CT molecular complexity index is 405. The van der Waals surface area contributed by atoms with Crippen molar-refractivity contribution in [3.8, 4) is 0 Å². The number of thioether (sulfide) groups is 1. The molecular formula is C14H19NOS. The highest BCUT2D eigenvalue weighted by Gasteiger charge is 2.37. The van der Waals surface area contributed by atoms with E-state index < -0.39 is 0 Å². The summed E-state index contributed by atoms with van der Waals surface area (Å²) in [5, 5.41) is 13.5. The highest BCUT2D eigenvalue weighted by Crippen LogP contribution is 2.40. The van der Waals surface area contributed by atoms with Crippen molar-refractivity contribution < 1.29 is 5.11 Å². The first-order chi connectivity index (χ1) is 8.34. The third-order valence-corrected chi connectivity index (χ3v) is 4.96. The fourth-order valence-electron chi connectivity index (χ4n) is 2.52. The standard InChI is InChI=1S/C14H19NOS/c16-10-14(15-9-11-5-6-11)7-8-17-13-4-2-1-3-12(13)14/h1-4,11,15-16H,5-10H2. The molecule has 2 N–H and O–H groups in total. The lowest BCUT2D eigenvalue weighted by atomic mass is 9.87. The van der Waals surface area contributed by atoms with Crippen LogP contribution in [0, 0.1) is 5.92 Å². The van der Waals surface area contributed by atoms with Crippen molar-refractivity contribution in [1.82, 2.24) is 5.32 Å². The summed E-state index contributed by atoms with van der Waals surface area (Å²) in [6.45, 7) is 1.26. The van der Waals surface area contributed by atoms with E-state index in [0.717, 1.165) is 24.6 Å². The molecule has 17 heavy (non-hydrogen) atoms. The van der Waals surface area contributed by atoms with E-state index >= 15 is 0 Å². The summed E-state index contributed by atoms with van der Waals surface area (Å²) in [5.74, 6) is 1.94. The monoisotopic (exact) mass is 249 g/mol. The quantitative estimate of drug-likeness (QED) is 0.859. The van der Waals surface area contributed by atoms with Crippen molar-refractivity contribution in [2.75, 3.05) is 18.9 Å². The van der Waals surface area contributed by atoms with Gasteiger partial charge in [-0.1, -0.05) is 18.2 Å². The van der Waals surface area contributed by atoms with Gasteiger partial charge in [0.1, 0.15) is 0 Å². The maximum Gasteiger partial charge on any atom is 0.0688 e. The highest BCUT2D eigenvalue weighted by atomic mass is 32.2. The first-order valence-electron chi connectivity index (χ1n) is 6.42. The third kappa shape index (κ3) is 2.24. The van der Waals surface area contributed by atoms with Gasteiger partial charge in [-0.3, -0.25) is 0 Å². The number of hydrogen-bond donors (Lipinski definition) is 2. The van der Waals surface area contributed by atoms with Crippen molar-refractivity contribution in [3.05, 3.63) is 29.8 Å². The Morgan fingerprint density at radius 1 is 1.35 bits per heavy atom. The minimum atomic E-state index is -0.190. The summed E-state index contributed by atoms with van der Waals surface area (Å²) >= 11 is 1.91. The Balaban J connectivity index is 1.87. The molecule has 2 nitrogen and oxygen atoms in total. The van der Waals surface area contributed by atoms with E-state index in [4.69, 9.17) is 0 Å². The minimum absolute atomic E-state index is 0.190. The first-order valence-corrected chi connectivity index (χ1v) is 7.41. The van der Waals surface area contributed by atoms with Crippen LogP contribution in [-0.2, 0) is 5.54 Å². The second kappa shape index (κ2) is 4.63. The normalized spacial score (nSPS) is 27.8. The molecule has 1 atom stereocenters. The number of aliphatic hydroxyl groups is 1. The van der Waals surface area contributed by atoms with Crippen molar-refractivity contribution in [3.63, 3.8) is 0 Å². The summed E-state index contributed by atoms with van der Waals surface area (Å²) in [4.78, 5) is 1.33. The second-order valence-corrected chi connectivity index (χ2v) is 6.30. The molecule has 1 aliphatic heterocycles. The second-order valence-electron chi connectivity index (χ2n) is 5.16. The van der Waals surface area contributed by atoms with E-state index in [-0.39, 0.29) is 12.1 Å². The molecule has 1 aromatic rings. The van der Waals surface area contributed by atoms with Crippen molar-refractivity contribution in [2.45, 2.75) is 29.7 Å². The summed E-state index contributed by atoms with van der Waals surface area (Å²) in [6, 6.07) is 8.49. The molecule has 0 amide bonds. The topological polar surface area (TPSA) is 32.3 Å². The lowest BCUT2D eigenvalue weighted by molar-refractivity contribution is 0.151. The molecule has 1 saturated carbocycles. The molecular weight excluding hydrogens is 230 g/mol. The molecule has 0 spiro atoms. The Kier molecular flexibility index (Phi) is 3.16. The van der Waals surface area contributed by atoms with Crippen LogP contribution in [0.5, 0.6) is 0 Å². The van der Waals surface area contributed by atoms with Gasteiger partial charge in [-0.25, -0.2) is 0 Å². The zero-order valence-electron chi connectivity index (χ0n) is 9.98. The van der Waals surface area contributed by atoms with Gasteiger partial charge in [-0.05, 0) is 43.4 Å². The van der Waals surface area contributed by atoms with E-state index in [2.05, 4.69) is 29.6 Å². The molecule has 3 heteroatoms. The molecule has 0 bridgehead atoms. The van der Waals surface area contributed by atoms with Crippen LogP contribution in [0.25, 0.3) is 0 Å². The van der Waals surface area contributed by atoms with Gasteiger partial charge in [0.15, 0.2) is 0 Å². The van der Waals surface area contributed by atoms with E-state index in [1.54, 1.807) is 0 Å².